The van der Waals surface area contributed by atoms with E-state index >= 15 is 0 Å². The van der Waals surface area contributed by atoms with Crippen LogP contribution in [0.5, 0.6) is 0 Å². The minimum absolute atomic E-state index is 0.227. The summed E-state index contributed by atoms with van der Waals surface area (Å²) in [7, 11) is -3.57. The molecule has 0 aromatic heterocycles. The van der Waals surface area contributed by atoms with Crippen molar-refractivity contribution < 1.29 is 13.9 Å². The molecule has 0 aliphatic rings. The minimum Gasteiger partial charge on any atom is -0.756 e. The average Bonchev–Trinajstić information content (AvgIpc) is 2.27. The van der Waals surface area contributed by atoms with Gasteiger partial charge in [0.05, 0.1) is 0 Å². The maximum absolute atomic E-state index is 12.5. The molecule has 4 nitrogen and oxygen atoms in total. The van der Waals surface area contributed by atoms with Gasteiger partial charge in [-0.05, 0) is 38.3 Å². The molecule has 0 N–H and O–H groups in total. The van der Waals surface area contributed by atoms with E-state index in [0.717, 1.165) is 5.56 Å². The largest absolute Gasteiger partial charge is 0.756 e. The molecule has 0 saturated carbocycles. The fourth-order valence-electron chi connectivity index (χ4n) is 1.35. The smallest absolute Gasteiger partial charge is 0.359 e. The quantitative estimate of drug-likeness (QED) is 0.351. The van der Waals surface area contributed by atoms with Crippen LogP contribution in [0.1, 0.15) is 33.3 Å². The van der Waals surface area contributed by atoms with Crippen molar-refractivity contribution in [2.24, 2.45) is 4.76 Å². The summed E-state index contributed by atoms with van der Waals surface area (Å²) in [6.45, 7) is 7.10. The molecule has 0 aliphatic heterocycles. The van der Waals surface area contributed by atoms with Crippen LogP contribution < -0.4 is 4.89 Å². The van der Waals surface area contributed by atoms with Crippen LogP contribution in [0.15, 0.2) is 35.1 Å². The highest BCUT2D eigenvalue weighted by Gasteiger charge is 2.32. The Bertz CT molecular complexity index is 413. The van der Waals surface area contributed by atoms with E-state index in [1.807, 2.05) is 18.2 Å². The van der Waals surface area contributed by atoms with E-state index in [0.29, 0.717) is 0 Å². The second kappa shape index (κ2) is 7.27. The van der Waals surface area contributed by atoms with Crippen LogP contribution in [-0.4, -0.2) is 17.3 Å². The third-order valence-corrected chi connectivity index (χ3v) is 4.21. The lowest BCUT2D eigenvalue weighted by atomic mass is 10.2. The normalized spacial score (nSPS) is 13.3. The highest BCUT2D eigenvalue weighted by Crippen LogP contribution is 2.56. The molecule has 0 saturated heterocycles. The van der Waals surface area contributed by atoms with E-state index < -0.39 is 8.09 Å². The molecule has 6 heteroatoms. The molecule has 0 unspecified atom stereocenters. The number of benzene rings is 1. The first kappa shape index (κ1) is 16.5. The highest BCUT2D eigenvalue weighted by molar-refractivity contribution is 7.79. The molecule has 0 atom stereocenters. The predicted molar refractivity (Wildman–Crippen MR) is 79.7 cm³/mol. The summed E-state index contributed by atoms with van der Waals surface area (Å²) >= 11 is 5.18. The number of hydrogen-bond donors (Lipinski definition) is 0. The molecule has 0 aliphatic carbocycles. The van der Waals surface area contributed by atoms with Crippen molar-refractivity contribution in [3.63, 3.8) is 0 Å². The topological polar surface area (TPSA) is 53.9 Å². The lowest BCUT2D eigenvalue weighted by molar-refractivity contribution is -0.225. The summed E-state index contributed by atoms with van der Waals surface area (Å²) in [5.41, 5.74) is 0.720. The fourth-order valence-corrected chi connectivity index (χ4v) is 3.34. The van der Waals surface area contributed by atoms with Crippen molar-refractivity contribution in [3.8, 4) is 0 Å². The predicted octanol–water partition coefficient (Wildman–Crippen LogP) is 2.87. The van der Waals surface area contributed by atoms with Crippen LogP contribution in [-0.2, 0) is 21.7 Å². The average molecular weight is 300 g/mol. The summed E-state index contributed by atoms with van der Waals surface area (Å²) in [5.74, 6) is 0. The molecule has 0 amide bonds. The molecular weight excluding hydrogens is 281 g/mol. The van der Waals surface area contributed by atoms with Crippen molar-refractivity contribution in [3.05, 3.63) is 35.9 Å². The minimum atomic E-state index is -3.57. The van der Waals surface area contributed by atoms with Gasteiger partial charge >= 0.3 is 8.09 Å². The van der Waals surface area contributed by atoms with Gasteiger partial charge in [0.2, 0.25) is 0 Å². The molecule has 0 spiro atoms. The molecule has 0 fully saturated rings. The maximum atomic E-state index is 12.5. The van der Waals surface area contributed by atoms with Crippen LogP contribution in [0.4, 0.5) is 0 Å². The number of hydrogen-bond acceptors (Lipinski definition) is 5. The molecule has 0 bridgehead atoms. The molecule has 19 heavy (non-hydrogen) atoms. The zero-order chi connectivity index (χ0) is 14.5. The van der Waals surface area contributed by atoms with Crippen LogP contribution >= 0.6 is 8.09 Å². The lowest BCUT2D eigenvalue weighted by Gasteiger charge is -2.27. The standard InChI is InChI=1S/C13H20NO3PS/c1-10(2)16-18(15,17-11(3)4)14-13(19)12-8-6-5-7-9-12/h5-11H,1-4H3,(H,14,15,19)/p-1. The van der Waals surface area contributed by atoms with Gasteiger partial charge in [-0.25, -0.2) is 0 Å². The summed E-state index contributed by atoms with van der Waals surface area (Å²) in [6.07, 6.45) is -0.515. The molecule has 106 valence electrons. The third kappa shape index (κ3) is 5.93. The van der Waals surface area contributed by atoms with Gasteiger partial charge in [0.25, 0.3) is 0 Å². The Hall–Kier alpha value is -0.580. The van der Waals surface area contributed by atoms with E-state index in [4.69, 9.17) is 21.7 Å². The SMILES string of the molecule is CC(C)O[P+]([O-])(N=C([S-])c1ccccc1)OC(C)C. The van der Waals surface area contributed by atoms with E-state index in [9.17, 15) is 4.89 Å². The molecule has 0 radical (unpaired) electrons. The second-order valence-corrected chi connectivity index (χ2v) is 6.49. The van der Waals surface area contributed by atoms with E-state index in [2.05, 4.69) is 4.76 Å². The van der Waals surface area contributed by atoms with Gasteiger partial charge in [0.15, 0.2) is 0 Å². The van der Waals surface area contributed by atoms with Gasteiger partial charge in [-0.15, -0.1) is 0 Å². The van der Waals surface area contributed by atoms with Gasteiger partial charge < -0.3 is 17.5 Å². The maximum Gasteiger partial charge on any atom is 0.359 e. The summed E-state index contributed by atoms with van der Waals surface area (Å²) in [6, 6.07) is 9.17. The Kier molecular flexibility index (Phi) is 6.30. The first-order valence-corrected chi connectivity index (χ1v) is 8.02. The van der Waals surface area contributed by atoms with Crippen LogP contribution in [0.3, 0.4) is 0 Å². The Balaban J connectivity index is 2.98. The van der Waals surface area contributed by atoms with E-state index in [-0.39, 0.29) is 17.3 Å². The van der Waals surface area contributed by atoms with Crippen molar-refractivity contribution in [2.75, 3.05) is 0 Å². The van der Waals surface area contributed by atoms with Gasteiger partial charge in [0, 0.05) is 0 Å². The monoisotopic (exact) mass is 300 g/mol. The fraction of sp³-hybridized carbons (Fsp3) is 0.462. The second-order valence-electron chi connectivity index (χ2n) is 4.55. The van der Waals surface area contributed by atoms with Gasteiger partial charge in [-0.3, -0.25) is 0 Å². The summed E-state index contributed by atoms with van der Waals surface area (Å²) in [4.78, 5) is 12.5. The zero-order valence-electron chi connectivity index (χ0n) is 11.6. The first-order chi connectivity index (χ1) is 8.82. The highest BCUT2D eigenvalue weighted by atomic mass is 32.1. The molecule has 0 heterocycles. The molecule has 1 aromatic rings. The molecule has 1 aromatic carbocycles. The number of nitrogens with zero attached hydrogens (tertiary/aromatic N) is 1. The van der Waals surface area contributed by atoms with Crippen LogP contribution in [0.25, 0.3) is 0 Å². The summed E-state index contributed by atoms with van der Waals surface area (Å²) < 4.78 is 14.6. The van der Waals surface area contributed by atoms with Gasteiger partial charge in [0.1, 0.15) is 12.2 Å². The van der Waals surface area contributed by atoms with Crippen molar-refractivity contribution >= 4 is 25.8 Å². The Morgan fingerprint density at radius 1 is 1.11 bits per heavy atom. The summed E-state index contributed by atoms with van der Waals surface area (Å²) in [5, 5.41) is 0.227. The molecular formula is C13H19NO3PS-. The number of rotatable bonds is 6. The van der Waals surface area contributed by atoms with Crippen molar-refractivity contribution in [1.82, 2.24) is 0 Å². The Morgan fingerprint density at radius 2 is 1.58 bits per heavy atom. The first-order valence-electron chi connectivity index (χ1n) is 6.12. The van der Waals surface area contributed by atoms with Gasteiger partial charge in [-0.1, -0.05) is 35.1 Å². The lowest BCUT2D eigenvalue weighted by Crippen LogP contribution is -2.21. The van der Waals surface area contributed by atoms with Crippen LogP contribution in [0.2, 0.25) is 0 Å². The third-order valence-electron chi connectivity index (χ3n) is 1.92. The van der Waals surface area contributed by atoms with Gasteiger partial charge in [-0.2, -0.15) is 9.05 Å². The van der Waals surface area contributed by atoms with E-state index in [1.165, 1.54) is 0 Å². The Morgan fingerprint density at radius 3 is 2.00 bits per heavy atom. The Labute approximate surface area is 120 Å². The van der Waals surface area contributed by atoms with E-state index in [1.54, 1.807) is 39.8 Å². The van der Waals surface area contributed by atoms with Crippen LogP contribution in [0, 0.1) is 0 Å². The van der Waals surface area contributed by atoms with Crippen molar-refractivity contribution in [2.45, 2.75) is 39.9 Å². The van der Waals surface area contributed by atoms with Crippen molar-refractivity contribution in [1.29, 1.82) is 0 Å². The zero-order valence-corrected chi connectivity index (χ0v) is 13.3. The molecule has 1 rings (SSSR count).